The van der Waals surface area contributed by atoms with Gasteiger partial charge in [0.25, 0.3) is 11.8 Å². The van der Waals surface area contributed by atoms with Gasteiger partial charge in [-0.3, -0.25) is 15.0 Å². The minimum absolute atomic E-state index is 0.294. The number of nitrogens with one attached hydrogen (secondary N) is 1. The van der Waals surface area contributed by atoms with E-state index in [1.807, 2.05) is 43.3 Å². The zero-order valence-electron chi connectivity index (χ0n) is 16.3. The average Bonchev–Trinajstić information content (AvgIpc) is 2.97. The van der Waals surface area contributed by atoms with E-state index < -0.39 is 0 Å². The van der Waals surface area contributed by atoms with Crippen molar-refractivity contribution in [2.75, 3.05) is 6.61 Å². The van der Waals surface area contributed by atoms with Gasteiger partial charge in [-0.05, 0) is 61.0 Å². The van der Waals surface area contributed by atoms with Crippen LogP contribution < -0.4 is 10.2 Å². The molecule has 7 heteroatoms. The number of thioether (sulfide) groups is 1. The molecule has 1 aliphatic heterocycles. The topological polar surface area (TPSA) is 58.6 Å². The van der Waals surface area contributed by atoms with Gasteiger partial charge in [-0.25, -0.2) is 0 Å². The van der Waals surface area contributed by atoms with E-state index in [4.69, 9.17) is 17.0 Å². The quantitative estimate of drug-likeness (QED) is 0.394. The number of rotatable bonds is 7. The third-order valence-electron chi connectivity index (χ3n) is 4.34. The molecule has 1 fully saturated rings. The highest BCUT2D eigenvalue weighted by atomic mass is 32.2. The second kappa shape index (κ2) is 9.71. The molecule has 2 aromatic rings. The van der Waals surface area contributed by atoms with Crippen LogP contribution in [-0.2, 0) is 4.79 Å². The monoisotopic (exact) mass is 426 g/mol. The molecule has 0 aliphatic carbocycles. The molecule has 0 unspecified atom stereocenters. The van der Waals surface area contributed by atoms with Crippen molar-refractivity contribution in [2.24, 2.45) is 0 Å². The van der Waals surface area contributed by atoms with Gasteiger partial charge in [-0.15, -0.1) is 0 Å². The van der Waals surface area contributed by atoms with Crippen LogP contribution in [0.3, 0.4) is 0 Å². The van der Waals surface area contributed by atoms with Crippen LogP contribution in [-0.4, -0.2) is 27.8 Å². The maximum absolute atomic E-state index is 12.7. The van der Waals surface area contributed by atoms with Crippen LogP contribution in [0.1, 0.15) is 41.3 Å². The summed E-state index contributed by atoms with van der Waals surface area (Å²) in [4.78, 5) is 25.7. The summed E-state index contributed by atoms with van der Waals surface area (Å²) < 4.78 is 5.95. The molecular formula is C22H22N2O3S2. The molecule has 1 saturated heterocycles. The van der Waals surface area contributed by atoms with Crippen molar-refractivity contribution in [1.82, 2.24) is 10.4 Å². The number of thiocarbonyl (C=S) groups is 1. The minimum atomic E-state index is -0.366. The van der Waals surface area contributed by atoms with E-state index in [2.05, 4.69) is 12.3 Å². The number of carbonyl (C=O) groups is 2. The number of benzene rings is 2. The van der Waals surface area contributed by atoms with Gasteiger partial charge in [0.1, 0.15) is 5.75 Å². The molecule has 0 spiro atoms. The molecule has 2 aromatic carbocycles. The Bertz CT molecular complexity index is 955. The lowest BCUT2D eigenvalue weighted by atomic mass is 10.1. The Kier molecular flexibility index (Phi) is 7.06. The molecule has 0 bridgehead atoms. The van der Waals surface area contributed by atoms with Crippen LogP contribution in [0, 0.1) is 6.92 Å². The number of unbranched alkanes of at least 4 members (excludes halogenated alkanes) is 1. The van der Waals surface area contributed by atoms with Gasteiger partial charge < -0.3 is 4.74 Å². The fourth-order valence-electron chi connectivity index (χ4n) is 2.70. The summed E-state index contributed by atoms with van der Waals surface area (Å²) in [6.07, 6.45) is 3.85. The second-order valence-electron chi connectivity index (χ2n) is 6.54. The van der Waals surface area contributed by atoms with E-state index in [9.17, 15) is 9.59 Å². The number of hydrogen-bond acceptors (Lipinski definition) is 5. The summed E-state index contributed by atoms with van der Waals surface area (Å²) in [5.41, 5.74) is 4.80. The van der Waals surface area contributed by atoms with Crippen LogP contribution in [0.15, 0.2) is 53.4 Å². The standard InChI is InChI=1S/C22H22N2O3S2/c1-3-4-13-27-17-11-9-16(10-12-17)14-19-21(26)24(22(28)29-19)23-20(25)18-8-6-5-7-15(18)2/h5-12,14H,3-4,13H2,1-2H3,(H,23,25)/b19-14-. The molecule has 0 aromatic heterocycles. The summed E-state index contributed by atoms with van der Waals surface area (Å²) in [6.45, 7) is 4.65. The predicted octanol–water partition coefficient (Wildman–Crippen LogP) is 4.72. The molecule has 0 saturated carbocycles. The van der Waals surface area contributed by atoms with Gasteiger partial charge in [0.05, 0.1) is 11.5 Å². The highest BCUT2D eigenvalue weighted by Crippen LogP contribution is 2.31. The van der Waals surface area contributed by atoms with Crippen molar-refractivity contribution in [1.29, 1.82) is 0 Å². The van der Waals surface area contributed by atoms with Crippen molar-refractivity contribution in [3.05, 3.63) is 70.1 Å². The zero-order valence-corrected chi connectivity index (χ0v) is 17.9. The van der Waals surface area contributed by atoms with E-state index in [0.29, 0.717) is 21.4 Å². The number of ether oxygens (including phenoxy) is 1. The van der Waals surface area contributed by atoms with Gasteiger partial charge in [0.15, 0.2) is 4.32 Å². The second-order valence-corrected chi connectivity index (χ2v) is 8.22. The van der Waals surface area contributed by atoms with Crippen molar-refractivity contribution in [3.8, 4) is 5.75 Å². The van der Waals surface area contributed by atoms with Crippen LogP contribution in [0.25, 0.3) is 6.08 Å². The van der Waals surface area contributed by atoms with E-state index in [1.165, 1.54) is 0 Å². The number of hydrazine groups is 1. The molecule has 150 valence electrons. The van der Waals surface area contributed by atoms with E-state index >= 15 is 0 Å². The van der Waals surface area contributed by atoms with Gasteiger partial charge in [-0.1, -0.05) is 55.4 Å². The molecule has 5 nitrogen and oxygen atoms in total. The molecule has 0 atom stereocenters. The van der Waals surface area contributed by atoms with E-state index in [0.717, 1.165) is 46.5 Å². The lowest BCUT2D eigenvalue weighted by Crippen LogP contribution is -2.45. The Hall–Kier alpha value is -2.64. The van der Waals surface area contributed by atoms with Gasteiger partial charge >= 0.3 is 0 Å². The first kappa shape index (κ1) is 21.1. The molecule has 1 N–H and O–H groups in total. The third kappa shape index (κ3) is 5.25. The van der Waals surface area contributed by atoms with Crippen LogP contribution in [0.2, 0.25) is 0 Å². The number of aryl methyl sites for hydroxylation is 1. The van der Waals surface area contributed by atoms with Crippen LogP contribution in [0.4, 0.5) is 0 Å². The van der Waals surface area contributed by atoms with Crippen LogP contribution in [0.5, 0.6) is 5.75 Å². The fraction of sp³-hybridized carbons (Fsp3) is 0.227. The number of amides is 2. The molecule has 3 rings (SSSR count). The van der Waals surface area contributed by atoms with Crippen molar-refractivity contribution in [2.45, 2.75) is 26.7 Å². The summed E-state index contributed by atoms with van der Waals surface area (Å²) >= 11 is 6.45. The first-order valence-corrected chi connectivity index (χ1v) is 10.6. The fourth-order valence-corrected chi connectivity index (χ4v) is 3.88. The smallest absolute Gasteiger partial charge is 0.285 e. The van der Waals surface area contributed by atoms with Gasteiger partial charge in [0.2, 0.25) is 0 Å². The van der Waals surface area contributed by atoms with Crippen molar-refractivity contribution in [3.63, 3.8) is 0 Å². The highest BCUT2D eigenvalue weighted by molar-refractivity contribution is 8.26. The molecular weight excluding hydrogens is 404 g/mol. The Balaban J connectivity index is 1.68. The Morgan fingerprint density at radius 3 is 2.62 bits per heavy atom. The largest absolute Gasteiger partial charge is 0.494 e. The third-order valence-corrected chi connectivity index (χ3v) is 5.64. The van der Waals surface area contributed by atoms with Crippen molar-refractivity contribution < 1.29 is 14.3 Å². The van der Waals surface area contributed by atoms with Crippen molar-refractivity contribution >= 4 is 46.2 Å². The summed E-state index contributed by atoms with van der Waals surface area (Å²) in [5.74, 6) is 0.0908. The molecule has 2 amide bonds. The number of nitrogens with zero attached hydrogens (tertiary/aromatic N) is 1. The number of hydrogen-bond donors (Lipinski definition) is 1. The van der Waals surface area contributed by atoms with E-state index in [1.54, 1.807) is 18.2 Å². The minimum Gasteiger partial charge on any atom is -0.494 e. The summed E-state index contributed by atoms with van der Waals surface area (Å²) in [5, 5.41) is 1.13. The average molecular weight is 427 g/mol. The zero-order chi connectivity index (χ0) is 20.8. The molecule has 29 heavy (non-hydrogen) atoms. The first-order chi connectivity index (χ1) is 14.0. The van der Waals surface area contributed by atoms with E-state index in [-0.39, 0.29) is 11.8 Å². The lowest BCUT2D eigenvalue weighted by Gasteiger charge is -2.16. The Morgan fingerprint density at radius 1 is 1.21 bits per heavy atom. The summed E-state index contributed by atoms with van der Waals surface area (Å²) in [6, 6.07) is 14.7. The van der Waals surface area contributed by atoms with Crippen LogP contribution >= 0.6 is 24.0 Å². The normalized spacial score (nSPS) is 15.1. The first-order valence-electron chi connectivity index (χ1n) is 9.37. The van der Waals surface area contributed by atoms with Gasteiger partial charge in [0, 0.05) is 5.56 Å². The van der Waals surface area contributed by atoms with Gasteiger partial charge in [-0.2, -0.15) is 5.01 Å². The maximum Gasteiger partial charge on any atom is 0.285 e. The Labute approximate surface area is 180 Å². The maximum atomic E-state index is 12.7. The predicted molar refractivity (Wildman–Crippen MR) is 121 cm³/mol. The summed E-state index contributed by atoms with van der Waals surface area (Å²) in [7, 11) is 0. The molecule has 1 heterocycles. The Morgan fingerprint density at radius 2 is 1.93 bits per heavy atom. The highest BCUT2D eigenvalue weighted by Gasteiger charge is 2.33. The lowest BCUT2D eigenvalue weighted by molar-refractivity contribution is -0.123. The molecule has 0 radical (unpaired) electrons. The molecule has 1 aliphatic rings. The number of carbonyl (C=O) groups excluding carboxylic acids is 2. The SMILES string of the molecule is CCCCOc1ccc(/C=C2\SC(=S)N(NC(=O)c3ccccc3C)C2=O)cc1.